The van der Waals surface area contributed by atoms with Crippen molar-refractivity contribution >= 4 is 23.4 Å². The lowest BCUT2D eigenvalue weighted by Crippen LogP contribution is -2.23. The number of pyridine rings is 1. The largest absolute Gasteiger partial charge is 0.392 e. The van der Waals surface area contributed by atoms with Crippen molar-refractivity contribution in [2.75, 3.05) is 5.32 Å². The summed E-state index contributed by atoms with van der Waals surface area (Å²) in [6.45, 7) is 1.72. The fraction of sp³-hybridized carbons (Fsp3) is 0.200. The second-order valence-electron chi connectivity index (χ2n) is 4.25. The van der Waals surface area contributed by atoms with Gasteiger partial charge in [0.05, 0.1) is 23.7 Å². The minimum Gasteiger partial charge on any atom is -0.392 e. The second-order valence-corrected chi connectivity index (χ2v) is 5.67. The monoisotopic (exact) mass is 288 g/mol. The van der Waals surface area contributed by atoms with E-state index in [0.717, 1.165) is 4.90 Å². The summed E-state index contributed by atoms with van der Waals surface area (Å²) in [6.07, 6.45) is 3.13. The molecule has 20 heavy (non-hydrogen) atoms. The van der Waals surface area contributed by atoms with Crippen LogP contribution in [0.5, 0.6) is 0 Å². The lowest BCUT2D eigenvalue weighted by molar-refractivity contribution is -0.115. The van der Waals surface area contributed by atoms with Gasteiger partial charge in [0.25, 0.3) is 0 Å². The number of aliphatic hydroxyl groups is 1. The molecule has 2 aromatic rings. The molecule has 1 heterocycles. The first-order valence-corrected chi connectivity index (χ1v) is 7.15. The van der Waals surface area contributed by atoms with E-state index < -0.39 is 0 Å². The first-order chi connectivity index (χ1) is 9.70. The maximum absolute atomic E-state index is 12.1. The highest BCUT2D eigenvalue weighted by atomic mass is 32.2. The van der Waals surface area contributed by atoms with Gasteiger partial charge in [-0.2, -0.15) is 0 Å². The van der Waals surface area contributed by atoms with E-state index in [-0.39, 0.29) is 17.8 Å². The van der Waals surface area contributed by atoms with Gasteiger partial charge in [-0.1, -0.05) is 18.2 Å². The summed E-state index contributed by atoms with van der Waals surface area (Å²) in [5.41, 5.74) is 1.21. The molecule has 0 saturated heterocycles. The number of nitrogens with one attached hydrogen (secondary N) is 1. The van der Waals surface area contributed by atoms with Crippen LogP contribution in [0.25, 0.3) is 0 Å². The Morgan fingerprint density at radius 3 is 2.80 bits per heavy atom. The van der Waals surface area contributed by atoms with Gasteiger partial charge in [-0.15, -0.1) is 11.8 Å². The molecule has 4 nitrogen and oxygen atoms in total. The summed E-state index contributed by atoms with van der Waals surface area (Å²) < 4.78 is 0. The number of hydrogen-bond acceptors (Lipinski definition) is 4. The zero-order chi connectivity index (χ0) is 14.4. The molecule has 1 aromatic heterocycles. The molecule has 2 N–H and O–H groups in total. The van der Waals surface area contributed by atoms with Gasteiger partial charge in [-0.3, -0.25) is 9.78 Å². The average Bonchev–Trinajstić information content (AvgIpc) is 2.48. The Balaban J connectivity index is 2.01. The van der Waals surface area contributed by atoms with Gasteiger partial charge in [-0.05, 0) is 25.1 Å². The van der Waals surface area contributed by atoms with E-state index in [0.29, 0.717) is 11.3 Å². The van der Waals surface area contributed by atoms with Crippen LogP contribution in [0.1, 0.15) is 12.5 Å². The van der Waals surface area contributed by atoms with Crippen LogP contribution in [0.2, 0.25) is 0 Å². The topological polar surface area (TPSA) is 62.2 Å². The van der Waals surface area contributed by atoms with E-state index in [4.69, 9.17) is 0 Å². The summed E-state index contributed by atoms with van der Waals surface area (Å²) in [6, 6.07) is 11.5. The number of aromatic nitrogens is 1. The summed E-state index contributed by atoms with van der Waals surface area (Å²) in [7, 11) is 0. The lowest BCUT2D eigenvalue weighted by atomic mass is 10.2. The minimum absolute atomic E-state index is 0.110. The van der Waals surface area contributed by atoms with Crippen molar-refractivity contribution in [2.45, 2.75) is 23.7 Å². The quantitative estimate of drug-likeness (QED) is 0.830. The highest BCUT2D eigenvalue weighted by molar-refractivity contribution is 8.00. The van der Waals surface area contributed by atoms with Crippen LogP contribution < -0.4 is 5.32 Å². The Bertz CT molecular complexity index is 575. The lowest BCUT2D eigenvalue weighted by Gasteiger charge is -2.13. The van der Waals surface area contributed by atoms with E-state index in [1.54, 1.807) is 18.5 Å². The highest BCUT2D eigenvalue weighted by Gasteiger charge is 2.15. The van der Waals surface area contributed by atoms with E-state index in [1.807, 2.05) is 37.3 Å². The van der Waals surface area contributed by atoms with Gasteiger partial charge in [0.1, 0.15) is 0 Å². The van der Waals surface area contributed by atoms with Gasteiger partial charge in [0.2, 0.25) is 5.91 Å². The number of aliphatic hydroxyl groups excluding tert-OH is 1. The van der Waals surface area contributed by atoms with E-state index in [2.05, 4.69) is 10.3 Å². The number of anilines is 1. The molecule has 0 aliphatic heterocycles. The number of carbonyl (C=O) groups is 1. The third-order valence-electron chi connectivity index (χ3n) is 2.76. The van der Waals surface area contributed by atoms with Gasteiger partial charge in [-0.25, -0.2) is 0 Å². The number of hydrogen-bond donors (Lipinski definition) is 2. The van der Waals surface area contributed by atoms with Crippen molar-refractivity contribution < 1.29 is 9.90 Å². The van der Waals surface area contributed by atoms with Gasteiger partial charge < -0.3 is 10.4 Å². The Kier molecular flexibility index (Phi) is 5.15. The maximum atomic E-state index is 12.1. The number of rotatable bonds is 5. The van der Waals surface area contributed by atoms with Crippen molar-refractivity contribution in [1.82, 2.24) is 4.98 Å². The van der Waals surface area contributed by atoms with Gasteiger partial charge in [0.15, 0.2) is 0 Å². The van der Waals surface area contributed by atoms with Crippen LogP contribution in [0, 0.1) is 0 Å². The summed E-state index contributed by atoms with van der Waals surface area (Å²) >= 11 is 1.49. The normalized spacial score (nSPS) is 11.9. The van der Waals surface area contributed by atoms with Crippen molar-refractivity contribution in [3.8, 4) is 0 Å². The molecule has 5 heteroatoms. The van der Waals surface area contributed by atoms with E-state index >= 15 is 0 Å². The van der Waals surface area contributed by atoms with Crippen molar-refractivity contribution in [3.05, 3.63) is 54.4 Å². The Labute approximate surface area is 122 Å². The molecule has 0 saturated carbocycles. The Morgan fingerprint density at radius 2 is 2.10 bits per heavy atom. The molecule has 0 radical (unpaired) electrons. The molecule has 0 aliphatic rings. The van der Waals surface area contributed by atoms with Crippen LogP contribution in [0.15, 0.2) is 53.7 Å². The number of amides is 1. The van der Waals surface area contributed by atoms with E-state index in [9.17, 15) is 9.90 Å². The van der Waals surface area contributed by atoms with Crippen molar-refractivity contribution in [2.24, 2.45) is 0 Å². The molecule has 1 amide bonds. The molecule has 0 aliphatic carbocycles. The molecular formula is C15H16N2O2S. The number of nitrogens with zero attached hydrogens (tertiary/aromatic N) is 1. The molecule has 104 valence electrons. The zero-order valence-electron chi connectivity index (χ0n) is 11.1. The first-order valence-electron chi connectivity index (χ1n) is 6.27. The molecule has 1 unspecified atom stereocenters. The molecule has 0 fully saturated rings. The fourth-order valence-electron chi connectivity index (χ4n) is 1.66. The third kappa shape index (κ3) is 3.82. The molecule has 0 bridgehead atoms. The van der Waals surface area contributed by atoms with Crippen LogP contribution in [0.4, 0.5) is 5.69 Å². The average molecular weight is 288 g/mol. The number of thioether (sulfide) groups is 1. The predicted octanol–water partition coefficient (Wildman–Crippen LogP) is 2.69. The standard InChI is InChI=1S/C15H16N2O2S/c1-11(20-13-5-3-2-4-6-13)15(19)17-14-9-16-8-7-12(14)10-18/h2-9,11,18H,10H2,1H3,(H,17,19). The molecule has 1 aromatic carbocycles. The van der Waals surface area contributed by atoms with Gasteiger partial charge >= 0.3 is 0 Å². The third-order valence-corrected chi connectivity index (χ3v) is 3.88. The zero-order valence-corrected chi connectivity index (χ0v) is 11.9. The van der Waals surface area contributed by atoms with Crippen LogP contribution in [0.3, 0.4) is 0 Å². The van der Waals surface area contributed by atoms with Crippen LogP contribution in [-0.2, 0) is 11.4 Å². The number of benzene rings is 1. The summed E-state index contributed by atoms with van der Waals surface area (Å²) in [5.74, 6) is -0.110. The molecular weight excluding hydrogens is 272 g/mol. The molecule has 1 atom stereocenters. The first kappa shape index (κ1) is 14.6. The van der Waals surface area contributed by atoms with Crippen molar-refractivity contribution in [1.29, 1.82) is 0 Å². The van der Waals surface area contributed by atoms with Crippen molar-refractivity contribution in [3.63, 3.8) is 0 Å². The van der Waals surface area contributed by atoms with Gasteiger partial charge in [0, 0.05) is 16.7 Å². The van der Waals surface area contributed by atoms with Crippen LogP contribution in [-0.4, -0.2) is 21.2 Å². The summed E-state index contributed by atoms with van der Waals surface area (Å²) in [4.78, 5) is 17.1. The Morgan fingerprint density at radius 1 is 1.35 bits per heavy atom. The maximum Gasteiger partial charge on any atom is 0.237 e. The molecule has 0 spiro atoms. The molecule has 2 rings (SSSR count). The minimum atomic E-state index is -0.232. The summed E-state index contributed by atoms with van der Waals surface area (Å²) in [5, 5.41) is 11.8. The van der Waals surface area contributed by atoms with Crippen LogP contribution >= 0.6 is 11.8 Å². The SMILES string of the molecule is CC(Sc1ccccc1)C(=O)Nc1cnccc1CO. The smallest absolute Gasteiger partial charge is 0.237 e. The number of carbonyl (C=O) groups excluding carboxylic acids is 1. The second kappa shape index (κ2) is 7.07. The Hall–Kier alpha value is -1.85. The highest BCUT2D eigenvalue weighted by Crippen LogP contribution is 2.24. The fourth-order valence-corrected chi connectivity index (χ4v) is 2.55. The predicted molar refractivity (Wildman–Crippen MR) is 80.6 cm³/mol. The van der Waals surface area contributed by atoms with E-state index in [1.165, 1.54) is 11.8 Å².